The highest BCUT2D eigenvalue weighted by Crippen LogP contribution is 2.36. The number of amides is 1. The Labute approximate surface area is 184 Å². The Morgan fingerprint density at radius 3 is 2.94 bits per heavy atom. The van der Waals surface area contributed by atoms with Crippen LogP contribution in [0.4, 0.5) is 8.78 Å². The van der Waals surface area contributed by atoms with E-state index in [0.717, 1.165) is 15.9 Å². The summed E-state index contributed by atoms with van der Waals surface area (Å²) in [5.74, 6) is -0.226. The maximum atomic E-state index is 13.6. The van der Waals surface area contributed by atoms with Crippen molar-refractivity contribution < 1.29 is 13.6 Å². The number of carbonyl (C=O) groups excluding carboxylic acids is 1. The van der Waals surface area contributed by atoms with Crippen molar-refractivity contribution >= 4 is 33.0 Å². The van der Waals surface area contributed by atoms with E-state index in [1.54, 1.807) is 23.5 Å². The molecule has 0 radical (unpaired) electrons. The number of hydrogen-bond acceptors (Lipinski definition) is 5. The number of alkyl halides is 2. The molecule has 1 unspecified atom stereocenters. The standard InChI is InChI=1S/C22H16F2N6OS/c23-20(24)12-4-3-8-30-16(12)10-15(28-30)19-18-14(25-11-26-18)7-9-29(19)22(31)21-27-13-5-1-2-6-17(13)32-21/h1-6,8,10-11,19-20H,7,9H2,(H,25,26). The number of hydrogen-bond donors (Lipinski definition) is 1. The van der Waals surface area contributed by atoms with Crippen LogP contribution in [-0.4, -0.2) is 41.9 Å². The minimum atomic E-state index is -2.63. The normalized spacial score (nSPS) is 16.2. The summed E-state index contributed by atoms with van der Waals surface area (Å²) >= 11 is 1.34. The molecule has 1 amide bonds. The van der Waals surface area contributed by atoms with Gasteiger partial charge in [-0.2, -0.15) is 5.10 Å². The van der Waals surface area contributed by atoms with Crippen molar-refractivity contribution in [1.82, 2.24) is 29.5 Å². The van der Waals surface area contributed by atoms with Crippen LogP contribution in [0.15, 0.2) is 55.0 Å². The quantitative estimate of drug-likeness (QED) is 0.442. The van der Waals surface area contributed by atoms with Gasteiger partial charge in [0.05, 0.1) is 33.4 Å². The number of fused-ring (bicyclic) bond motifs is 3. The summed E-state index contributed by atoms with van der Waals surface area (Å²) < 4.78 is 29.4. The van der Waals surface area contributed by atoms with Gasteiger partial charge in [0, 0.05) is 30.4 Å². The van der Waals surface area contributed by atoms with Gasteiger partial charge in [-0.15, -0.1) is 11.3 Å². The topological polar surface area (TPSA) is 79.2 Å². The molecule has 0 saturated carbocycles. The second kappa shape index (κ2) is 7.20. The number of aromatic nitrogens is 5. The third-order valence-corrected chi connectivity index (χ3v) is 6.76. The zero-order chi connectivity index (χ0) is 21.8. The van der Waals surface area contributed by atoms with Crippen LogP contribution >= 0.6 is 11.3 Å². The molecule has 32 heavy (non-hydrogen) atoms. The lowest BCUT2D eigenvalue weighted by atomic mass is 9.99. The summed E-state index contributed by atoms with van der Waals surface area (Å²) in [6.07, 6.45) is 1.19. The molecular formula is C22H16F2N6OS. The Balaban J connectivity index is 1.48. The minimum absolute atomic E-state index is 0.103. The fourth-order valence-corrected chi connectivity index (χ4v) is 5.18. The molecule has 0 aliphatic carbocycles. The van der Waals surface area contributed by atoms with Gasteiger partial charge in [-0.3, -0.25) is 4.79 Å². The largest absolute Gasteiger partial charge is 0.348 e. The molecule has 1 aliphatic rings. The Morgan fingerprint density at radius 2 is 2.09 bits per heavy atom. The van der Waals surface area contributed by atoms with E-state index in [-0.39, 0.29) is 11.5 Å². The number of thiazole rings is 1. The number of pyridine rings is 1. The highest BCUT2D eigenvalue weighted by Gasteiger charge is 2.37. The summed E-state index contributed by atoms with van der Waals surface area (Å²) in [7, 11) is 0. The van der Waals surface area contributed by atoms with Gasteiger partial charge in [-0.25, -0.2) is 23.3 Å². The lowest BCUT2D eigenvalue weighted by molar-refractivity contribution is 0.0687. The minimum Gasteiger partial charge on any atom is -0.348 e. The first-order valence-electron chi connectivity index (χ1n) is 10.0. The molecule has 10 heteroatoms. The van der Waals surface area contributed by atoms with E-state index in [1.807, 2.05) is 24.3 Å². The lowest BCUT2D eigenvalue weighted by Crippen LogP contribution is -2.41. The average Bonchev–Trinajstić information content (AvgIpc) is 3.54. The van der Waals surface area contributed by atoms with Crippen LogP contribution < -0.4 is 0 Å². The van der Waals surface area contributed by atoms with Gasteiger partial charge in [0.1, 0.15) is 6.04 Å². The fraction of sp³-hybridized carbons (Fsp3) is 0.182. The molecule has 1 N–H and O–H groups in total. The lowest BCUT2D eigenvalue weighted by Gasteiger charge is -2.33. The number of H-pyrrole nitrogens is 1. The number of nitrogens with zero attached hydrogens (tertiary/aromatic N) is 5. The smallest absolute Gasteiger partial charge is 0.283 e. The van der Waals surface area contributed by atoms with Crippen molar-refractivity contribution in [2.45, 2.75) is 18.9 Å². The van der Waals surface area contributed by atoms with Crippen LogP contribution in [0.1, 0.15) is 44.9 Å². The molecule has 5 aromatic rings. The molecule has 0 fully saturated rings. The number of carbonyl (C=O) groups is 1. The fourth-order valence-electron chi connectivity index (χ4n) is 4.26. The molecule has 1 aliphatic heterocycles. The van der Waals surface area contributed by atoms with Gasteiger partial charge in [-0.05, 0) is 30.3 Å². The van der Waals surface area contributed by atoms with Crippen molar-refractivity contribution in [2.75, 3.05) is 6.54 Å². The van der Waals surface area contributed by atoms with Crippen molar-refractivity contribution in [3.63, 3.8) is 0 Å². The number of para-hydroxylation sites is 1. The van der Waals surface area contributed by atoms with Crippen molar-refractivity contribution in [3.8, 4) is 0 Å². The predicted molar refractivity (Wildman–Crippen MR) is 115 cm³/mol. The first kappa shape index (κ1) is 19.1. The van der Waals surface area contributed by atoms with Crippen LogP contribution in [0.2, 0.25) is 0 Å². The molecule has 1 aromatic carbocycles. The summed E-state index contributed by atoms with van der Waals surface area (Å²) in [5, 5.41) is 4.93. The summed E-state index contributed by atoms with van der Waals surface area (Å²) in [4.78, 5) is 27.3. The second-order valence-electron chi connectivity index (χ2n) is 7.57. The maximum Gasteiger partial charge on any atom is 0.283 e. The molecule has 0 spiro atoms. The Bertz CT molecular complexity index is 1440. The molecule has 4 aromatic heterocycles. The van der Waals surface area contributed by atoms with Crippen LogP contribution in [0, 0.1) is 0 Å². The van der Waals surface area contributed by atoms with Crippen LogP contribution in [0.25, 0.3) is 15.7 Å². The van der Waals surface area contributed by atoms with Crippen molar-refractivity contribution in [3.05, 3.63) is 82.6 Å². The number of imidazole rings is 1. The molecule has 5 heterocycles. The molecule has 0 saturated heterocycles. The predicted octanol–water partition coefficient (Wildman–Crippen LogP) is 4.39. The molecule has 6 rings (SSSR count). The Hall–Kier alpha value is -3.66. The molecule has 7 nitrogen and oxygen atoms in total. The van der Waals surface area contributed by atoms with Crippen LogP contribution in [0.5, 0.6) is 0 Å². The highest BCUT2D eigenvalue weighted by molar-refractivity contribution is 7.20. The van der Waals surface area contributed by atoms with Crippen molar-refractivity contribution in [2.24, 2.45) is 0 Å². The average molecular weight is 450 g/mol. The van der Waals surface area contributed by atoms with Gasteiger partial charge in [-0.1, -0.05) is 12.1 Å². The number of benzene rings is 1. The Kier molecular flexibility index (Phi) is 4.29. The van der Waals surface area contributed by atoms with E-state index < -0.39 is 12.5 Å². The zero-order valence-corrected chi connectivity index (χ0v) is 17.4. The van der Waals surface area contributed by atoms with E-state index in [4.69, 9.17) is 0 Å². The Morgan fingerprint density at radius 1 is 1.22 bits per heavy atom. The summed E-state index contributed by atoms with van der Waals surface area (Å²) in [6.45, 7) is 0.435. The molecule has 160 valence electrons. The van der Waals surface area contributed by atoms with E-state index in [1.165, 1.54) is 28.0 Å². The maximum absolute atomic E-state index is 13.6. The van der Waals surface area contributed by atoms with E-state index in [2.05, 4.69) is 20.1 Å². The number of nitrogens with one attached hydrogen (secondary N) is 1. The highest BCUT2D eigenvalue weighted by atomic mass is 32.1. The number of halogens is 2. The van der Waals surface area contributed by atoms with Gasteiger partial charge < -0.3 is 9.88 Å². The van der Waals surface area contributed by atoms with E-state index in [9.17, 15) is 13.6 Å². The summed E-state index contributed by atoms with van der Waals surface area (Å²) in [6, 6.07) is 11.5. The van der Waals surface area contributed by atoms with Gasteiger partial charge in [0.25, 0.3) is 12.3 Å². The van der Waals surface area contributed by atoms with E-state index >= 15 is 0 Å². The first-order valence-corrected chi connectivity index (χ1v) is 10.9. The van der Waals surface area contributed by atoms with Gasteiger partial charge in [0.2, 0.25) is 0 Å². The zero-order valence-electron chi connectivity index (χ0n) is 16.6. The summed E-state index contributed by atoms with van der Waals surface area (Å²) in [5.41, 5.74) is 3.05. The molecule has 0 bridgehead atoms. The van der Waals surface area contributed by atoms with Crippen molar-refractivity contribution in [1.29, 1.82) is 0 Å². The second-order valence-corrected chi connectivity index (χ2v) is 8.60. The number of rotatable bonds is 3. The first-order chi connectivity index (χ1) is 15.6. The third kappa shape index (κ3) is 2.90. The van der Waals surface area contributed by atoms with Gasteiger partial charge >= 0.3 is 0 Å². The van der Waals surface area contributed by atoms with Crippen LogP contribution in [0.3, 0.4) is 0 Å². The van der Waals surface area contributed by atoms with E-state index in [0.29, 0.717) is 34.9 Å². The third-order valence-electron chi connectivity index (χ3n) is 5.73. The monoisotopic (exact) mass is 450 g/mol. The SMILES string of the molecule is O=C(c1nc2ccccc2s1)N1CCc2[nH]cnc2C1c1cc2c(C(F)F)cccn2n1. The number of aromatic amines is 1. The van der Waals surface area contributed by atoms with Gasteiger partial charge in [0.15, 0.2) is 5.01 Å². The molecule has 1 atom stereocenters. The molecular weight excluding hydrogens is 434 g/mol. The van der Waals surface area contributed by atoms with Crippen LogP contribution in [-0.2, 0) is 6.42 Å².